The van der Waals surface area contributed by atoms with Crippen molar-refractivity contribution in [1.29, 1.82) is 0 Å². The number of hydrogen-bond acceptors (Lipinski definition) is 5. The van der Waals surface area contributed by atoms with E-state index in [-0.39, 0.29) is 24.6 Å². The fraction of sp³-hybridized carbons (Fsp3) is 0.243. The molecule has 4 aromatic rings. The maximum Gasteiger partial charge on any atom is 0.244 e. The predicted molar refractivity (Wildman–Crippen MR) is 180 cm³/mol. The van der Waals surface area contributed by atoms with Gasteiger partial charge in [-0.15, -0.1) is 0 Å². The van der Waals surface area contributed by atoms with E-state index in [0.29, 0.717) is 29.3 Å². The Kier molecular flexibility index (Phi) is 9.81. The summed E-state index contributed by atoms with van der Waals surface area (Å²) in [4.78, 5) is 57.4. The number of carbonyl (C=O) groups excluding carboxylic acids is 4. The highest BCUT2D eigenvalue weighted by atomic mass is 19.1. The predicted octanol–water partition coefficient (Wildman–Crippen LogP) is 5.80. The van der Waals surface area contributed by atoms with Gasteiger partial charge in [-0.1, -0.05) is 75.4 Å². The molecule has 1 unspecified atom stereocenters. The SMILES string of the molecule is CC(C)(C)C(=O)Nc1ccc(CN2C(=O)C(CC(=O)NCc3ccccc3F)C(=O)N(c3ccc(CN)cc3)c3ccccc32)cc1. The van der Waals surface area contributed by atoms with Crippen LogP contribution in [0.5, 0.6) is 0 Å². The van der Waals surface area contributed by atoms with Gasteiger partial charge in [0.25, 0.3) is 0 Å². The minimum Gasteiger partial charge on any atom is -0.352 e. The summed E-state index contributed by atoms with van der Waals surface area (Å²) >= 11 is 0. The Labute approximate surface area is 273 Å². The molecule has 1 aliphatic rings. The van der Waals surface area contributed by atoms with Crippen molar-refractivity contribution >= 4 is 46.4 Å². The van der Waals surface area contributed by atoms with Crippen LogP contribution in [0.15, 0.2) is 97.1 Å². The topological polar surface area (TPSA) is 125 Å². The molecule has 0 saturated heterocycles. The van der Waals surface area contributed by atoms with Crippen LogP contribution in [0, 0.1) is 17.2 Å². The molecule has 0 radical (unpaired) electrons. The van der Waals surface area contributed by atoms with Crippen molar-refractivity contribution in [2.24, 2.45) is 17.1 Å². The second kappa shape index (κ2) is 14.0. The first-order valence-electron chi connectivity index (χ1n) is 15.4. The van der Waals surface area contributed by atoms with Gasteiger partial charge in [-0.2, -0.15) is 0 Å². The molecule has 4 N–H and O–H groups in total. The summed E-state index contributed by atoms with van der Waals surface area (Å²) in [5.74, 6) is -3.64. The van der Waals surface area contributed by atoms with Crippen molar-refractivity contribution in [3.05, 3.63) is 120 Å². The lowest BCUT2D eigenvalue weighted by atomic mass is 9.95. The number of fused-ring (bicyclic) bond motifs is 1. The zero-order valence-corrected chi connectivity index (χ0v) is 26.6. The van der Waals surface area contributed by atoms with Gasteiger partial charge < -0.3 is 21.3 Å². The maximum absolute atomic E-state index is 14.4. The zero-order valence-electron chi connectivity index (χ0n) is 26.6. The smallest absolute Gasteiger partial charge is 0.244 e. The Balaban J connectivity index is 1.49. The van der Waals surface area contributed by atoms with Crippen LogP contribution >= 0.6 is 0 Å². The number of nitrogens with two attached hydrogens (primary N) is 1. The minimum atomic E-state index is -1.37. The number of amides is 4. The molecular weight excluding hydrogens is 597 g/mol. The first-order valence-corrected chi connectivity index (χ1v) is 15.4. The van der Waals surface area contributed by atoms with Crippen molar-refractivity contribution in [2.75, 3.05) is 15.1 Å². The molecule has 0 fully saturated rings. The summed E-state index contributed by atoms with van der Waals surface area (Å²) in [6.45, 7) is 5.81. The third-order valence-electron chi connectivity index (χ3n) is 7.98. The van der Waals surface area contributed by atoms with E-state index in [0.717, 1.165) is 11.1 Å². The lowest BCUT2D eigenvalue weighted by molar-refractivity contribution is -0.136. The van der Waals surface area contributed by atoms with Crippen LogP contribution in [0.1, 0.15) is 43.9 Å². The number of carbonyl (C=O) groups is 4. The van der Waals surface area contributed by atoms with E-state index < -0.39 is 41.3 Å². The highest BCUT2D eigenvalue weighted by molar-refractivity contribution is 6.21. The van der Waals surface area contributed by atoms with E-state index >= 15 is 0 Å². The van der Waals surface area contributed by atoms with Gasteiger partial charge in [0.2, 0.25) is 23.6 Å². The Morgan fingerprint density at radius 3 is 2.06 bits per heavy atom. The molecular formula is C37H38FN5O4. The van der Waals surface area contributed by atoms with Crippen molar-refractivity contribution < 1.29 is 23.6 Å². The number of nitrogens with zero attached hydrogens (tertiary/aromatic N) is 2. The molecule has 10 heteroatoms. The molecule has 0 aliphatic carbocycles. The standard InChI is InChI=1S/C37H38FN5O4/c1-37(2,3)36(47)41-27-16-12-25(13-17-27)23-42-31-10-6-7-11-32(31)43(28-18-14-24(21-39)15-19-28)35(46)29(34(42)45)20-33(44)40-22-26-8-4-5-9-30(26)38/h4-19,29H,20-23,39H2,1-3H3,(H,40,44)(H,41,47). The van der Waals surface area contributed by atoms with Gasteiger partial charge in [0.05, 0.1) is 17.9 Å². The molecule has 9 nitrogen and oxygen atoms in total. The van der Waals surface area contributed by atoms with Crippen molar-refractivity contribution in [3.63, 3.8) is 0 Å². The molecule has 4 amide bonds. The fourth-order valence-electron chi connectivity index (χ4n) is 5.24. The summed E-state index contributed by atoms with van der Waals surface area (Å²) in [7, 11) is 0. The Morgan fingerprint density at radius 2 is 1.43 bits per heavy atom. The normalized spacial score (nSPS) is 14.8. The van der Waals surface area contributed by atoms with Crippen LogP contribution in [-0.2, 0) is 38.8 Å². The Hall–Kier alpha value is -5.35. The number of benzene rings is 4. The largest absolute Gasteiger partial charge is 0.352 e. The second-order valence-electron chi connectivity index (χ2n) is 12.5. The highest BCUT2D eigenvalue weighted by Crippen LogP contribution is 2.40. The number of halogens is 1. The van der Waals surface area contributed by atoms with Crippen molar-refractivity contribution in [1.82, 2.24) is 5.32 Å². The van der Waals surface area contributed by atoms with Crippen LogP contribution < -0.4 is 26.2 Å². The lowest BCUT2D eigenvalue weighted by Crippen LogP contribution is -2.43. The van der Waals surface area contributed by atoms with E-state index in [9.17, 15) is 23.6 Å². The molecule has 0 bridgehead atoms. The Morgan fingerprint density at radius 1 is 0.809 bits per heavy atom. The summed E-state index contributed by atoms with van der Waals surface area (Å²) in [6, 6.07) is 27.4. The van der Waals surface area contributed by atoms with Gasteiger partial charge >= 0.3 is 0 Å². The van der Waals surface area contributed by atoms with Gasteiger partial charge in [0, 0.05) is 41.9 Å². The molecule has 1 aliphatic heterocycles. The quantitative estimate of drug-likeness (QED) is 0.201. The summed E-state index contributed by atoms with van der Waals surface area (Å²) < 4.78 is 14.2. The maximum atomic E-state index is 14.4. The summed E-state index contributed by atoms with van der Waals surface area (Å²) in [6.07, 6.45) is -0.439. The van der Waals surface area contributed by atoms with Gasteiger partial charge in [-0.3, -0.25) is 24.1 Å². The van der Waals surface area contributed by atoms with Crippen LogP contribution in [0.25, 0.3) is 0 Å². The van der Waals surface area contributed by atoms with E-state index in [1.807, 2.05) is 32.9 Å². The van der Waals surface area contributed by atoms with E-state index in [1.165, 1.54) is 15.9 Å². The van der Waals surface area contributed by atoms with Crippen molar-refractivity contribution in [2.45, 2.75) is 46.8 Å². The van der Waals surface area contributed by atoms with Gasteiger partial charge in [-0.25, -0.2) is 4.39 Å². The molecule has 4 aromatic carbocycles. The Bertz CT molecular complexity index is 1780. The third-order valence-corrected chi connectivity index (χ3v) is 7.98. The minimum absolute atomic E-state index is 0.0904. The van der Waals surface area contributed by atoms with Crippen molar-refractivity contribution in [3.8, 4) is 0 Å². The van der Waals surface area contributed by atoms with E-state index in [2.05, 4.69) is 10.6 Å². The summed E-state index contributed by atoms with van der Waals surface area (Å²) in [5.41, 5.74) is 9.25. The van der Waals surface area contributed by atoms with Crippen LogP contribution in [0.3, 0.4) is 0 Å². The number of rotatable bonds is 9. The molecule has 1 heterocycles. The van der Waals surface area contributed by atoms with Crippen LogP contribution in [-0.4, -0.2) is 23.6 Å². The number of para-hydroxylation sites is 2. The van der Waals surface area contributed by atoms with Gasteiger partial charge in [-0.05, 0) is 53.6 Å². The average Bonchev–Trinajstić information content (AvgIpc) is 3.14. The van der Waals surface area contributed by atoms with Crippen LogP contribution in [0.4, 0.5) is 27.1 Å². The first-order chi connectivity index (χ1) is 22.5. The first kappa shape index (κ1) is 33.0. The number of hydrogen-bond donors (Lipinski definition) is 3. The molecule has 1 atom stereocenters. The monoisotopic (exact) mass is 635 g/mol. The fourth-order valence-corrected chi connectivity index (χ4v) is 5.24. The summed E-state index contributed by atoms with van der Waals surface area (Å²) in [5, 5.41) is 5.56. The number of anilines is 4. The highest BCUT2D eigenvalue weighted by Gasteiger charge is 2.42. The zero-order chi connectivity index (χ0) is 33.7. The molecule has 47 heavy (non-hydrogen) atoms. The van der Waals surface area contributed by atoms with Gasteiger partial charge in [0.15, 0.2) is 0 Å². The number of nitrogens with one attached hydrogen (secondary N) is 2. The molecule has 242 valence electrons. The van der Waals surface area contributed by atoms with Gasteiger partial charge in [0.1, 0.15) is 11.7 Å². The molecule has 0 aromatic heterocycles. The second-order valence-corrected chi connectivity index (χ2v) is 12.5. The van der Waals surface area contributed by atoms with E-state index in [1.54, 1.807) is 78.9 Å². The average molecular weight is 636 g/mol. The molecule has 0 saturated carbocycles. The van der Waals surface area contributed by atoms with E-state index in [4.69, 9.17) is 5.73 Å². The third kappa shape index (κ3) is 7.56. The van der Waals surface area contributed by atoms with Crippen LogP contribution in [0.2, 0.25) is 0 Å². The molecule has 5 rings (SSSR count). The lowest BCUT2D eigenvalue weighted by Gasteiger charge is -2.26. The molecule has 0 spiro atoms.